The molecule has 106 valence electrons. The van der Waals surface area contributed by atoms with Gasteiger partial charge in [-0.25, -0.2) is 0 Å². The highest BCUT2D eigenvalue weighted by molar-refractivity contribution is 7.09. The van der Waals surface area contributed by atoms with E-state index in [9.17, 15) is 4.79 Å². The molecule has 0 spiro atoms. The van der Waals surface area contributed by atoms with E-state index in [-0.39, 0.29) is 5.91 Å². The molecule has 0 aliphatic carbocycles. The lowest BCUT2D eigenvalue weighted by molar-refractivity contribution is -0.121. The van der Waals surface area contributed by atoms with E-state index in [4.69, 9.17) is 5.73 Å². The molecule has 0 radical (unpaired) electrons. The highest BCUT2D eigenvalue weighted by atomic mass is 32.1. The molecule has 2 rings (SSSR count). The number of piperidine rings is 1. The Morgan fingerprint density at radius 3 is 3.21 bits per heavy atom. The second-order valence-corrected chi connectivity index (χ2v) is 5.90. The molecule has 1 atom stereocenters. The monoisotopic (exact) mass is 282 g/mol. The Kier molecular flexibility index (Phi) is 5.75. The van der Waals surface area contributed by atoms with E-state index >= 15 is 0 Å². The summed E-state index contributed by atoms with van der Waals surface area (Å²) in [6.45, 7) is 3.20. The number of rotatable bonds is 6. The molecule has 0 saturated carbocycles. The molecular formula is C13H22N4OS. The summed E-state index contributed by atoms with van der Waals surface area (Å²) in [6.07, 6.45) is 6.00. The smallest absolute Gasteiger partial charge is 0.221 e. The number of carbonyl (C=O) groups excluding carboxylic acids is 1. The van der Waals surface area contributed by atoms with Gasteiger partial charge in [0.05, 0.1) is 5.51 Å². The lowest BCUT2D eigenvalue weighted by atomic mass is 10.0. The quantitative estimate of drug-likeness (QED) is 0.815. The fourth-order valence-corrected chi connectivity index (χ4v) is 3.09. The number of aromatic nitrogens is 1. The molecular weight excluding hydrogens is 260 g/mol. The topological polar surface area (TPSA) is 71.2 Å². The highest BCUT2D eigenvalue weighted by Gasteiger charge is 2.23. The van der Waals surface area contributed by atoms with Crippen LogP contribution in [0.1, 0.15) is 30.6 Å². The summed E-state index contributed by atoms with van der Waals surface area (Å²) in [7, 11) is 0. The maximum atomic E-state index is 11.5. The van der Waals surface area contributed by atoms with E-state index in [1.54, 1.807) is 11.3 Å². The van der Waals surface area contributed by atoms with Crippen molar-refractivity contribution >= 4 is 17.2 Å². The Bertz CT molecular complexity index is 382. The first kappa shape index (κ1) is 14.4. The fourth-order valence-electron chi connectivity index (χ4n) is 2.47. The zero-order valence-electron chi connectivity index (χ0n) is 11.2. The van der Waals surface area contributed by atoms with E-state index in [0.29, 0.717) is 19.0 Å². The Hall–Kier alpha value is -0.980. The largest absolute Gasteiger partial charge is 0.354 e. The van der Waals surface area contributed by atoms with E-state index in [0.717, 1.165) is 26.1 Å². The van der Waals surface area contributed by atoms with Crippen molar-refractivity contribution in [2.45, 2.75) is 38.3 Å². The molecule has 2 heterocycles. The van der Waals surface area contributed by atoms with E-state index < -0.39 is 0 Å². The molecule has 5 nitrogen and oxygen atoms in total. The molecule has 1 aromatic rings. The van der Waals surface area contributed by atoms with Gasteiger partial charge in [-0.15, -0.1) is 11.3 Å². The van der Waals surface area contributed by atoms with Crippen LogP contribution in [0.5, 0.6) is 0 Å². The van der Waals surface area contributed by atoms with Gasteiger partial charge in [0.2, 0.25) is 5.91 Å². The number of nitrogens with two attached hydrogens (primary N) is 1. The van der Waals surface area contributed by atoms with Crippen LogP contribution in [0.25, 0.3) is 0 Å². The summed E-state index contributed by atoms with van der Waals surface area (Å²) >= 11 is 1.69. The number of hydrogen-bond donors (Lipinski definition) is 2. The van der Waals surface area contributed by atoms with Gasteiger partial charge >= 0.3 is 0 Å². The molecule has 1 amide bonds. The number of thiazole rings is 1. The molecule has 1 aliphatic rings. The maximum absolute atomic E-state index is 11.5. The van der Waals surface area contributed by atoms with Crippen molar-refractivity contribution in [3.8, 4) is 0 Å². The van der Waals surface area contributed by atoms with E-state index in [1.807, 2.05) is 11.7 Å². The number of amides is 1. The van der Waals surface area contributed by atoms with Crippen molar-refractivity contribution in [1.82, 2.24) is 15.2 Å². The molecule has 0 bridgehead atoms. The maximum Gasteiger partial charge on any atom is 0.221 e. The van der Waals surface area contributed by atoms with Gasteiger partial charge in [-0.3, -0.25) is 14.7 Å². The van der Waals surface area contributed by atoms with Gasteiger partial charge in [-0.05, 0) is 19.4 Å². The lowest BCUT2D eigenvalue weighted by Crippen LogP contribution is -2.46. The van der Waals surface area contributed by atoms with Crippen LogP contribution in [-0.4, -0.2) is 41.5 Å². The number of hydrogen-bond acceptors (Lipinski definition) is 5. The minimum absolute atomic E-state index is 0.0609. The van der Waals surface area contributed by atoms with Crippen LogP contribution in [0.3, 0.4) is 0 Å². The van der Waals surface area contributed by atoms with E-state index in [2.05, 4.69) is 15.2 Å². The van der Waals surface area contributed by atoms with Crippen LogP contribution in [0.15, 0.2) is 11.7 Å². The average molecular weight is 282 g/mol. The van der Waals surface area contributed by atoms with Crippen molar-refractivity contribution in [3.05, 3.63) is 16.6 Å². The fraction of sp³-hybridized carbons (Fsp3) is 0.692. The first-order valence-electron chi connectivity index (χ1n) is 6.88. The summed E-state index contributed by atoms with van der Waals surface area (Å²) in [4.78, 5) is 19.4. The zero-order valence-corrected chi connectivity index (χ0v) is 12.0. The molecule has 1 unspecified atom stereocenters. The van der Waals surface area contributed by atoms with Gasteiger partial charge in [0.1, 0.15) is 0 Å². The first-order valence-corrected chi connectivity index (χ1v) is 7.75. The van der Waals surface area contributed by atoms with Crippen LogP contribution in [0, 0.1) is 0 Å². The van der Waals surface area contributed by atoms with Crippen LogP contribution in [-0.2, 0) is 11.3 Å². The van der Waals surface area contributed by atoms with Crippen molar-refractivity contribution in [3.63, 3.8) is 0 Å². The van der Waals surface area contributed by atoms with Crippen molar-refractivity contribution < 1.29 is 4.79 Å². The normalized spacial score (nSPS) is 20.4. The Labute approximate surface area is 118 Å². The SMILES string of the molecule is NCCC(=O)NCC1CCCCN1Cc1cncs1. The van der Waals surface area contributed by atoms with Crippen LogP contribution >= 0.6 is 11.3 Å². The molecule has 1 aromatic heterocycles. The van der Waals surface area contributed by atoms with Gasteiger partial charge in [0.25, 0.3) is 0 Å². The Balaban J connectivity index is 1.83. The third kappa shape index (κ3) is 4.56. The molecule has 6 heteroatoms. The summed E-state index contributed by atoms with van der Waals surface area (Å²) in [5, 5.41) is 2.99. The number of likely N-dealkylation sites (tertiary alicyclic amines) is 1. The Morgan fingerprint density at radius 2 is 2.47 bits per heavy atom. The minimum Gasteiger partial charge on any atom is -0.354 e. The molecule has 19 heavy (non-hydrogen) atoms. The minimum atomic E-state index is 0.0609. The van der Waals surface area contributed by atoms with Crippen molar-refractivity contribution in [1.29, 1.82) is 0 Å². The van der Waals surface area contributed by atoms with Crippen LogP contribution < -0.4 is 11.1 Å². The third-order valence-electron chi connectivity index (χ3n) is 3.50. The number of nitrogens with one attached hydrogen (secondary N) is 1. The first-order chi connectivity index (χ1) is 9.29. The Morgan fingerprint density at radius 1 is 1.58 bits per heavy atom. The molecule has 1 fully saturated rings. The second-order valence-electron chi connectivity index (χ2n) is 4.93. The predicted molar refractivity (Wildman–Crippen MR) is 76.8 cm³/mol. The van der Waals surface area contributed by atoms with Gasteiger partial charge in [-0.2, -0.15) is 0 Å². The number of nitrogens with zero attached hydrogens (tertiary/aromatic N) is 2. The van der Waals surface area contributed by atoms with E-state index in [1.165, 1.54) is 17.7 Å². The molecule has 3 N–H and O–H groups in total. The van der Waals surface area contributed by atoms with Gasteiger partial charge < -0.3 is 11.1 Å². The van der Waals surface area contributed by atoms with Crippen molar-refractivity contribution in [2.75, 3.05) is 19.6 Å². The standard InChI is InChI=1S/C13H22N4OS/c14-5-4-13(18)16-7-11-3-1-2-6-17(11)9-12-8-15-10-19-12/h8,10-11H,1-7,9,14H2,(H,16,18). The van der Waals surface area contributed by atoms with Crippen LogP contribution in [0.2, 0.25) is 0 Å². The van der Waals surface area contributed by atoms with Crippen molar-refractivity contribution in [2.24, 2.45) is 5.73 Å². The second kappa shape index (κ2) is 7.57. The summed E-state index contributed by atoms with van der Waals surface area (Å²) in [5.41, 5.74) is 7.25. The van der Waals surface area contributed by atoms with Gasteiger partial charge in [0, 0.05) is 43.2 Å². The lowest BCUT2D eigenvalue weighted by Gasteiger charge is -2.35. The average Bonchev–Trinajstić information content (AvgIpc) is 2.91. The van der Waals surface area contributed by atoms with Gasteiger partial charge in [-0.1, -0.05) is 6.42 Å². The highest BCUT2D eigenvalue weighted by Crippen LogP contribution is 2.20. The van der Waals surface area contributed by atoms with Crippen LogP contribution in [0.4, 0.5) is 0 Å². The molecule has 0 aromatic carbocycles. The summed E-state index contributed by atoms with van der Waals surface area (Å²) < 4.78 is 0. The zero-order chi connectivity index (χ0) is 13.5. The molecule has 1 aliphatic heterocycles. The summed E-state index contributed by atoms with van der Waals surface area (Å²) in [5.74, 6) is 0.0609. The van der Waals surface area contributed by atoms with Gasteiger partial charge in [0.15, 0.2) is 0 Å². The number of carbonyl (C=O) groups is 1. The third-order valence-corrected chi connectivity index (χ3v) is 4.26. The molecule has 1 saturated heterocycles. The summed E-state index contributed by atoms with van der Waals surface area (Å²) in [6, 6.07) is 0.442. The predicted octanol–water partition coefficient (Wildman–Crippen LogP) is 0.963.